The van der Waals surface area contributed by atoms with Crippen molar-refractivity contribution in [2.45, 2.75) is 25.7 Å². The first-order valence-corrected chi connectivity index (χ1v) is 8.91. The Morgan fingerprint density at radius 1 is 1.29 bits per heavy atom. The van der Waals surface area contributed by atoms with Gasteiger partial charge in [-0.3, -0.25) is 4.79 Å². The molecule has 0 saturated carbocycles. The third kappa shape index (κ3) is 4.54. The molecule has 0 radical (unpaired) electrons. The van der Waals surface area contributed by atoms with E-state index >= 15 is 0 Å². The number of amides is 1. The van der Waals surface area contributed by atoms with Crippen LogP contribution in [-0.2, 0) is 21.2 Å². The molecule has 1 aliphatic heterocycles. The maximum atomic E-state index is 12.3. The third-order valence-electron chi connectivity index (χ3n) is 3.89. The highest BCUT2D eigenvalue weighted by Gasteiger charge is 2.30. The van der Waals surface area contributed by atoms with E-state index in [-0.39, 0.29) is 18.2 Å². The van der Waals surface area contributed by atoms with E-state index in [0.717, 1.165) is 12.0 Å². The number of benzene rings is 1. The quantitative estimate of drug-likeness (QED) is 0.855. The molecule has 1 fully saturated rings. The van der Waals surface area contributed by atoms with Gasteiger partial charge in [0.2, 0.25) is 15.9 Å². The molecule has 0 unspecified atom stereocenters. The second-order valence-electron chi connectivity index (χ2n) is 5.50. The van der Waals surface area contributed by atoms with E-state index in [4.69, 9.17) is 5.73 Å². The van der Waals surface area contributed by atoms with Crippen LogP contribution in [0, 0.1) is 5.92 Å². The number of sulfonamides is 1. The van der Waals surface area contributed by atoms with Gasteiger partial charge >= 0.3 is 0 Å². The average molecular weight is 310 g/mol. The van der Waals surface area contributed by atoms with Crippen LogP contribution in [0.1, 0.15) is 24.8 Å². The van der Waals surface area contributed by atoms with Crippen LogP contribution in [0.4, 0.5) is 0 Å². The maximum absolute atomic E-state index is 12.3. The lowest BCUT2D eigenvalue weighted by Gasteiger charge is -2.30. The van der Waals surface area contributed by atoms with Gasteiger partial charge in [0.15, 0.2) is 0 Å². The standard InChI is InChI=1S/C15H22N2O3S/c16-15(18)14-9-4-10-17(12-14)21(19,20)11-5-8-13-6-2-1-3-7-13/h1-3,6-7,14H,4-5,8-12H2,(H2,16,18)/t14-/m0/s1. The molecule has 116 valence electrons. The van der Waals surface area contributed by atoms with E-state index in [9.17, 15) is 13.2 Å². The van der Waals surface area contributed by atoms with Crippen molar-refractivity contribution in [3.05, 3.63) is 35.9 Å². The highest BCUT2D eigenvalue weighted by atomic mass is 32.2. The number of hydrogen-bond acceptors (Lipinski definition) is 3. The molecular formula is C15H22N2O3S. The van der Waals surface area contributed by atoms with Crippen LogP contribution in [0.25, 0.3) is 0 Å². The van der Waals surface area contributed by atoms with Crippen molar-refractivity contribution >= 4 is 15.9 Å². The highest BCUT2D eigenvalue weighted by molar-refractivity contribution is 7.89. The molecule has 2 N–H and O–H groups in total. The number of hydrogen-bond donors (Lipinski definition) is 1. The van der Waals surface area contributed by atoms with Gasteiger partial charge in [-0.2, -0.15) is 0 Å². The molecule has 2 rings (SSSR count). The van der Waals surface area contributed by atoms with Gasteiger partial charge in [-0.1, -0.05) is 30.3 Å². The fourth-order valence-corrected chi connectivity index (χ4v) is 4.24. The Hall–Kier alpha value is -1.40. The smallest absolute Gasteiger partial charge is 0.221 e. The predicted molar refractivity (Wildman–Crippen MR) is 82.0 cm³/mol. The molecule has 1 saturated heterocycles. The maximum Gasteiger partial charge on any atom is 0.221 e. The second kappa shape index (κ2) is 7.04. The van der Waals surface area contributed by atoms with Crippen molar-refractivity contribution in [3.63, 3.8) is 0 Å². The van der Waals surface area contributed by atoms with Crippen LogP contribution in [0.5, 0.6) is 0 Å². The molecule has 0 aromatic heterocycles. The van der Waals surface area contributed by atoms with Crippen LogP contribution in [-0.4, -0.2) is 37.5 Å². The first-order valence-electron chi connectivity index (χ1n) is 7.30. The molecule has 0 spiro atoms. The molecule has 5 nitrogen and oxygen atoms in total. The molecule has 1 aliphatic rings. The Morgan fingerprint density at radius 2 is 2.00 bits per heavy atom. The number of rotatable bonds is 6. The molecule has 0 bridgehead atoms. The number of nitrogens with zero attached hydrogens (tertiary/aromatic N) is 1. The molecule has 1 aromatic carbocycles. The van der Waals surface area contributed by atoms with Crippen LogP contribution >= 0.6 is 0 Å². The summed E-state index contributed by atoms with van der Waals surface area (Å²) in [6.07, 6.45) is 2.72. The van der Waals surface area contributed by atoms with Crippen molar-refractivity contribution in [2.24, 2.45) is 11.7 Å². The number of carbonyl (C=O) groups is 1. The van der Waals surface area contributed by atoms with Crippen molar-refractivity contribution in [1.82, 2.24) is 4.31 Å². The zero-order valence-corrected chi connectivity index (χ0v) is 12.9. The van der Waals surface area contributed by atoms with Crippen LogP contribution < -0.4 is 5.73 Å². The minimum atomic E-state index is -3.29. The van der Waals surface area contributed by atoms with Crippen molar-refractivity contribution < 1.29 is 13.2 Å². The first kappa shape index (κ1) is 16.0. The van der Waals surface area contributed by atoms with Gasteiger partial charge in [0.1, 0.15) is 0 Å². The molecular weight excluding hydrogens is 288 g/mol. The molecule has 0 aliphatic carbocycles. The average Bonchev–Trinajstić information content (AvgIpc) is 2.48. The van der Waals surface area contributed by atoms with E-state index in [1.807, 2.05) is 30.3 Å². The Morgan fingerprint density at radius 3 is 2.67 bits per heavy atom. The zero-order valence-electron chi connectivity index (χ0n) is 12.1. The third-order valence-corrected chi connectivity index (χ3v) is 5.81. The summed E-state index contributed by atoms with van der Waals surface area (Å²) >= 11 is 0. The van der Waals surface area contributed by atoms with Crippen molar-refractivity contribution in [3.8, 4) is 0 Å². The van der Waals surface area contributed by atoms with Crippen molar-refractivity contribution in [2.75, 3.05) is 18.8 Å². The summed E-state index contributed by atoms with van der Waals surface area (Å²) in [5, 5.41) is 0. The van der Waals surface area contributed by atoms with E-state index in [2.05, 4.69) is 0 Å². The first-order chi connectivity index (χ1) is 9.99. The Labute approximate surface area is 126 Å². The lowest BCUT2D eigenvalue weighted by atomic mass is 9.99. The SMILES string of the molecule is NC(=O)[C@H]1CCCN(S(=O)(=O)CCCc2ccccc2)C1. The van der Waals surface area contributed by atoms with Crippen molar-refractivity contribution in [1.29, 1.82) is 0 Å². The summed E-state index contributed by atoms with van der Waals surface area (Å²) < 4.78 is 26.1. The molecule has 1 amide bonds. The van der Waals surface area contributed by atoms with E-state index < -0.39 is 15.9 Å². The largest absolute Gasteiger partial charge is 0.369 e. The fraction of sp³-hybridized carbons (Fsp3) is 0.533. The van der Waals surface area contributed by atoms with Gasteiger partial charge in [0, 0.05) is 13.1 Å². The Balaban J connectivity index is 1.88. The predicted octanol–water partition coefficient (Wildman–Crippen LogP) is 1.15. The van der Waals surface area contributed by atoms with Crippen LogP contribution in [0.3, 0.4) is 0 Å². The number of primary amides is 1. The molecule has 6 heteroatoms. The Bertz CT molecular complexity index is 572. The van der Waals surface area contributed by atoms with Crippen LogP contribution in [0.15, 0.2) is 30.3 Å². The summed E-state index contributed by atoms with van der Waals surface area (Å²) in [6, 6.07) is 9.84. The number of carbonyl (C=O) groups excluding carboxylic acids is 1. The van der Waals surface area contributed by atoms with Gasteiger partial charge < -0.3 is 5.73 Å². The van der Waals surface area contributed by atoms with E-state index in [0.29, 0.717) is 25.8 Å². The Kier molecular flexibility index (Phi) is 5.36. The van der Waals surface area contributed by atoms with Gasteiger partial charge in [0.05, 0.1) is 11.7 Å². The monoisotopic (exact) mass is 310 g/mol. The summed E-state index contributed by atoms with van der Waals surface area (Å²) in [6.45, 7) is 0.737. The minimum absolute atomic E-state index is 0.118. The fourth-order valence-electron chi connectivity index (χ4n) is 2.66. The van der Waals surface area contributed by atoms with Gasteiger partial charge in [-0.05, 0) is 31.2 Å². The topological polar surface area (TPSA) is 80.5 Å². The highest BCUT2D eigenvalue weighted by Crippen LogP contribution is 2.19. The van der Waals surface area contributed by atoms with E-state index in [1.165, 1.54) is 4.31 Å². The summed E-state index contributed by atoms with van der Waals surface area (Å²) in [4.78, 5) is 11.2. The zero-order chi connectivity index (χ0) is 15.3. The summed E-state index contributed by atoms with van der Waals surface area (Å²) in [7, 11) is -3.29. The van der Waals surface area contributed by atoms with Gasteiger partial charge in [-0.25, -0.2) is 12.7 Å². The summed E-state index contributed by atoms with van der Waals surface area (Å²) in [5.41, 5.74) is 6.43. The molecule has 1 atom stereocenters. The molecule has 1 heterocycles. The lowest BCUT2D eigenvalue weighted by molar-refractivity contribution is -0.122. The minimum Gasteiger partial charge on any atom is -0.369 e. The molecule has 1 aromatic rings. The summed E-state index contributed by atoms with van der Waals surface area (Å²) in [5.74, 6) is -0.630. The second-order valence-corrected chi connectivity index (χ2v) is 7.59. The molecule has 21 heavy (non-hydrogen) atoms. The lowest BCUT2D eigenvalue weighted by Crippen LogP contribution is -2.44. The van der Waals surface area contributed by atoms with Gasteiger partial charge in [-0.15, -0.1) is 0 Å². The number of nitrogens with two attached hydrogens (primary N) is 1. The normalized spacial score (nSPS) is 20.3. The number of piperidine rings is 1. The van der Waals surface area contributed by atoms with E-state index in [1.54, 1.807) is 0 Å². The number of aryl methyl sites for hydroxylation is 1. The van der Waals surface area contributed by atoms with Gasteiger partial charge in [0.25, 0.3) is 0 Å². The van der Waals surface area contributed by atoms with Crippen LogP contribution in [0.2, 0.25) is 0 Å².